The fraction of sp³-hybridized carbons (Fsp3) is 0.400. The zero-order chi connectivity index (χ0) is 25.1. The van der Waals surface area contributed by atoms with Crippen molar-refractivity contribution in [3.63, 3.8) is 0 Å². The maximum atomic E-state index is 15.7. The number of nitrogens with one attached hydrogen (secondary N) is 3. The first-order valence-electron chi connectivity index (χ1n) is 11.8. The van der Waals surface area contributed by atoms with Crippen LogP contribution < -0.4 is 20.7 Å². The molecule has 3 aromatic rings. The van der Waals surface area contributed by atoms with Gasteiger partial charge in [0.25, 0.3) is 0 Å². The van der Waals surface area contributed by atoms with Gasteiger partial charge < -0.3 is 25.4 Å². The predicted molar refractivity (Wildman–Crippen MR) is 132 cm³/mol. The fourth-order valence-electron chi connectivity index (χ4n) is 4.55. The summed E-state index contributed by atoms with van der Waals surface area (Å²) in [6, 6.07) is 8.00. The molecule has 0 aliphatic carbocycles. The van der Waals surface area contributed by atoms with Crippen LogP contribution in [0, 0.1) is 5.82 Å². The summed E-state index contributed by atoms with van der Waals surface area (Å²) in [5, 5.41) is 9.52. The van der Waals surface area contributed by atoms with E-state index in [4.69, 9.17) is 21.1 Å². The summed E-state index contributed by atoms with van der Waals surface area (Å²) < 4.78 is 40.3. The Labute approximate surface area is 211 Å². The van der Waals surface area contributed by atoms with E-state index in [1.54, 1.807) is 24.4 Å². The highest BCUT2D eigenvalue weighted by atomic mass is 35.5. The van der Waals surface area contributed by atoms with Crippen LogP contribution in [0.5, 0.6) is 5.75 Å². The molecule has 11 heteroatoms. The van der Waals surface area contributed by atoms with Crippen LogP contribution in [-0.4, -0.2) is 54.1 Å². The molecule has 36 heavy (non-hydrogen) atoms. The minimum atomic E-state index is -1.79. The van der Waals surface area contributed by atoms with Gasteiger partial charge in [-0.05, 0) is 55.6 Å². The summed E-state index contributed by atoms with van der Waals surface area (Å²) in [6.07, 6.45) is 2.76. The average Bonchev–Trinajstić information content (AvgIpc) is 3.32. The number of hydrogen-bond donors (Lipinski definition) is 3. The number of rotatable bonds is 6. The van der Waals surface area contributed by atoms with E-state index in [1.807, 2.05) is 0 Å². The fourth-order valence-corrected chi connectivity index (χ4v) is 4.73. The summed E-state index contributed by atoms with van der Waals surface area (Å²) in [6.45, 7) is 1.87. The highest BCUT2D eigenvalue weighted by Gasteiger charge is 2.44. The first-order valence-corrected chi connectivity index (χ1v) is 12.2. The number of aromatic nitrogens is 2. The van der Waals surface area contributed by atoms with Gasteiger partial charge in [-0.25, -0.2) is 23.5 Å². The standard InChI is InChI=1S/C25H26ClF2N5O3/c26-19-11-15(2-4-20(19)27)22(25(28)7-8-29-14-25)33-24(34)36-18-3-1-16-13-30-23(32-21(16)12-18)31-17-5-9-35-10-6-17/h1-4,11-13,17,22,29H,5-10,14H2,(H,33,34)(H,30,31,32). The van der Waals surface area contributed by atoms with Gasteiger partial charge in [-0.3, -0.25) is 0 Å². The van der Waals surface area contributed by atoms with Crippen molar-refractivity contribution in [2.75, 3.05) is 31.6 Å². The zero-order valence-corrected chi connectivity index (χ0v) is 20.2. The Bertz CT molecular complexity index is 1250. The lowest BCUT2D eigenvalue weighted by Gasteiger charge is -2.30. The number of ether oxygens (including phenoxy) is 2. The molecule has 2 aliphatic heterocycles. The number of hydrogen-bond acceptors (Lipinski definition) is 7. The lowest BCUT2D eigenvalue weighted by molar-refractivity contribution is 0.0903. The van der Waals surface area contributed by atoms with Gasteiger partial charge in [-0.15, -0.1) is 0 Å². The van der Waals surface area contributed by atoms with Crippen molar-refractivity contribution in [3.05, 3.63) is 59.0 Å². The van der Waals surface area contributed by atoms with Crippen LogP contribution in [0.15, 0.2) is 42.6 Å². The molecule has 0 bridgehead atoms. The van der Waals surface area contributed by atoms with Crippen LogP contribution in [0.25, 0.3) is 10.9 Å². The number of carbonyl (C=O) groups is 1. The van der Waals surface area contributed by atoms with E-state index >= 15 is 4.39 Å². The third kappa shape index (κ3) is 5.50. The highest BCUT2D eigenvalue weighted by molar-refractivity contribution is 6.30. The first kappa shape index (κ1) is 24.6. The summed E-state index contributed by atoms with van der Waals surface area (Å²) in [7, 11) is 0. The molecule has 0 spiro atoms. The van der Waals surface area contributed by atoms with E-state index in [-0.39, 0.29) is 29.8 Å². The monoisotopic (exact) mass is 517 g/mol. The second-order valence-corrected chi connectivity index (χ2v) is 9.45. The summed E-state index contributed by atoms with van der Waals surface area (Å²) >= 11 is 5.93. The number of nitrogens with zero attached hydrogens (tertiary/aromatic N) is 2. The van der Waals surface area contributed by atoms with Crippen LogP contribution in [0.3, 0.4) is 0 Å². The minimum absolute atomic E-state index is 0.0305. The number of carbonyl (C=O) groups excluding carboxylic acids is 1. The van der Waals surface area contributed by atoms with Crippen molar-refractivity contribution in [2.24, 2.45) is 0 Å². The lowest BCUT2D eigenvalue weighted by Crippen LogP contribution is -2.45. The molecule has 0 radical (unpaired) electrons. The normalized spacial score (nSPS) is 21.3. The summed E-state index contributed by atoms with van der Waals surface area (Å²) in [5.41, 5.74) is -0.852. The van der Waals surface area contributed by atoms with Crippen LogP contribution in [0.2, 0.25) is 5.02 Å². The predicted octanol–water partition coefficient (Wildman–Crippen LogP) is 4.54. The highest BCUT2D eigenvalue weighted by Crippen LogP contribution is 2.36. The topological polar surface area (TPSA) is 97.4 Å². The third-order valence-corrected chi connectivity index (χ3v) is 6.80. The van der Waals surface area contributed by atoms with Gasteiger partial charge in [0.05, 0.1) is 16.6 Å². The molecule has 190 valence electrons. The van der Waals surface area contributed by atoms with Gasteiger partial charge in [-0.1, -0.05) is 17.7 Å². The van der Waals surface area contributed by atoms with Crippen molar-refractivity contribution in [3.8, 4) is 5.75 Å². The maximum Gasteiger partial charge on any atom is 0.413 e. The van der Waals surface area contributed by atoms with E-state index in [9.17, 15) is 9.18 Å². The van der Waals surface area contributed by atoms with Crippen LogP contribution >= 0.6 is 11.6 Å². The second kappa shape index (κ2) is 10.5. The number of halogens is 3. The minimum Gasteiger partial charge on any atom is -0.410 e. The number of fused-ring (bicyclic) bond motifs is 1. The molecule has 3 heterocycles. The van der Waals surface area contributed by atoms with Gasteiger partial charge in [0, 0.05) is 43.4 Å². The van der Waals surface area contributed by atoms with Crippen molar-refractivity contribution < 1.29 is 23.0 Å². The molecular weight excluding hydrogens is 492 g/mol. The van der Waals surface area contributed by atoms with Crippen molar-refractivity contribution >= 4 is 34.5 Å². The van der Waals surface area contributed by atoms with Gasteiger partial charge in [0.1, 0.15) is 17.2 Å². The van der Waals surface area contributed by atoms with Crippen LogP contribution in [0.1, 0.15) is 30.9 Å². The molecule has 5 rings (SSSR count). The lowest BCUT2D eigenvalue weighted by atomic mass is 9.89. The molecule has 8 nitrogen and oxygen atoms in total. The smallest absolute Gasteiger partial charge is 0.410 e. The Hall–Kier alpha value is -3.08. The Balaban J connectivity index is 1.32. The van der Waals surface area contributed by atoms with Gasteiger partial charge in [0.2, 0.25) is 5.95 Å². The Morgan fingerprint density at radius 3 is 2.83 bits per heavy atom. The third-order valence-electron chi connectivity index (χ3n) is 6.51. The Kier molecular flexibility index (Phi) is 7.17. The molecule has 2 atom stereocenters. The Morgan fingerprint density at radius 2 is 2.08 bits per heavy atom. The number of alkyl halides is 1. The SMILES string of the molecule is O=C(NC(c1ccc(F)c(Cl)c1)C1(F)CCNC1)Oc1ccc2cnc(NC3CCOCC3)nc2c1. The molecule has 2 aliphatic rings. The van der Waals surface area contributed by atoms with Gasteiger partial charge in [0.15, 0.2) is 0 Å². The largest absolute Gasteiger partial charge is 0.413 e. The van der Waals surface area contributed by atoms with Crippen LogP contribution in [-0.2, 0) is 4.74 Å². The molecule has 0 saturated carbocycles. The molecule has 2 aromatic carbocycles. The zero-order valence-electron chi connectivity index (χ0n) is 19.4. The molecule has 2 saturated heterocycles. The number of anilines is 1. The van der Waals surface area contributed by atoms with Crippen molar-refractivity contribution in [1.82, 2.24) is 20.6 Å². The second-order valence-electron chi connectivity index (χ2n) is 9.05. The van der Waals surface area contributed by atoms with E-state index in [1.165, 1.54) is 12.1 Å². The van der Waals surface area contributed by atoms with Crippen molar-refractivity contribution in [1.29, 1.82) is 0 Å². The van der Waals surface area contributed by atoms with Crippen molar-refractivity contribution in [2.45, 2.75) is 37.0 Å². The molecule has 1 amide bonds. The van der Waals surface area contributed by atoms with Crippen LogP contribution in [0.4, 0.5) is 19.5 Å². The molecule has 3 N–H and O–H groups in total. The number of benzene rings is 2. The average molecular weight is 518 g/mol. The van der Waals surface area contributed by atoms with E-state index in [2.05, 4.69) is 25.9 Å². The first-order chi connectivity index (χ1) is 17.4. The summed E-state index contributed by atoms with van der Waals surface area (Å²) in [5.74, 6) is 0.101. The Morgan fingerprint density at radius 1 is 1.25 bits per heavy atom. The number of amides is 1. The van der Waals surface area contributed by atoms with E-state index < -0.39 is 23.6 Å². The molecular formula is C25H26ClF2N5O3. The van der Waals surface area contributed by atoms with E-state index in [0.29, 0.717) is 36.8 Å². The quantitative estimate of drug-likeness (QED) is 0.441. The van der Waals surface area contributed by atoms with E-state index in [0.717, 1.165) is 24.3 Å². The van der Waals surface area contributed by atoms with Gasteiger partial charge >= 0.3 is 6.09 Å². The maximum absolute atomic E-state index is 15.7. The van der Waals surface area contributed by atoms with Gasteiger partial charge in [-0.2, -0.15) is 0 Å². The molecule has 2 fully saturated rings. The molecule has 2 unspecified atom stereocenters. The summed E-state index contributed by atoms with van der Waals surface area (Å²) in [4.78, 5) is 21.7. The molecule has 1 aromatic heterocycles.